The predicted molar refractivity (Wildman–Crippen MR) is 104 cm³/mol. The number of hydrogen-bond acceptors (Lipinski definition) is 5. The van der Waals surface area contributed by atoms with E-state index in [-0.39, 0.29) is 37.6 Å². The third-order valence-electron chi connectivity index (χ3n) is 6.00. The van der Waals surface area contributed by atoms with Crippen LogP contribution in [0.1, 0.15) is 51.0 Å². The minimum Gasteiger partial charge on any atom is -0.454 e. The van der Waals surface area contributed by atoms with Crippen molar-refractivity contribution in [3.63, 3.8) is 0 Å². The van der Waals surface area contributed by atoms with E-state index in [1.807, 2.05) is 0 Å². The van der Waals surface area contributed by atoms with Gasteiger partial charge in [-0.3, -0.25) is 14.5 Å². The van der Waals surface area contributed by atoms with Crippen LogP contribution in [0.25, 0.3) is 0 Å². The van der Waals surface area contributed by atoms with E-state index in [0.29, 0.717) is 23.8 Å². The van der Waals surface area contributed by atoms with Crippen LogP contribution in [0.3, 0.4) is 0 Å². The molecule has 0 aromatic heterocycles. The second-order valence-electron chi connectivity index (χ2n) is 8.09. The van der Waals surface area contributed by atoms with Gasteiger partial charge in [0.15, 0.2) is 11.5 Å². The maximum Gasteiger partial charge on any atom is 0.325 e. The Morgan fingerprint density at radius 3 is 2.83 bits per heavy atom. The fourth-order valence-corrected chi connectivity index (χ4v) is 4.23. The number of ether oxygens (including phenoxy) is 2. The Morgan fingerprint density at radius 1 is 1.21 bits per heavy atom. The van der Waals surface area contributed by atoms with Crippen LogP contribution in [-0.4, -0.2) is 41.6 Å². The maximum atomic E-state index is 12.7. The summed E-state index contributed by atoms with van der Waals surface area (Å²) in [6.45, 7) is 2.49. The minimum absolute atomic E-state index is 0.0555. The first-order valence-corrected chi connectivity index (χ1v) is 10.3. The molecule has 0 bridgehead atoms. The van der Waals surface area contributed by atoms with Crippen LogP contribution in [0.15, 0.2) is 18.2 Å². The Balaban J connectivity index is 1.29. The maximum absolute atomic E-state index is 12.7. The fraction of sp³-hybridized carbons (Fsp3) is 0.571. The first-order chi connectivity index (χ1) is 14.0. The van der Waals surface area contributed by atoms with E-state index < -0.39 is 12.1 Å². The Bertz CT molecular complexity index is 812. The summed E-state index contributed by atoms with van der Waals surface area (Å²) in [4.78, 5) is 38.4. The number of fused-ring (bicyclic) bond motifs is 1. The lowest BCUT2D eigenvalue weighted by Crippen LogP contribution is -2.41. The number of rotatable bonds is 6. The molecule has 1 aliphatic carbocycles. The van der Waals surface area contributed by atoms with Crippen LogP contribution in [0.2, 0.25) is 0 Å². The molecule has 3 aliphatic rings. The number of imide groups is 1. The molecule has 1 saturated heterocycles. The average Bonchev–Trinajstić information content (AvgIpc) is 3.27. The Labute approximate surface area is 169 Å². The Morgan fingerprint density at radius 2 is 2.00 bits per heavy atom. The van der Waals surface area contributed by atoms with Gasteiger partial charge >= 0.3 is 6.03 Å². The monoisotopic (exact) mass is 401 g/mol. The van der Waals surface area contributed by atoms with Gasteiger partial charge in [-0.25, -0.2) is 4.79 Å². The molecular weight excluding hydrogens is 374 g/mol. The van der Waals surface area contributed by atoms with Crippen molar-refractivity contribution in [2.24, 2.45) is 5.92 Å². The van der Waals surface area contributed by atoms with Crippen LogP contribution in [0.5, 0.6) is 11.5 Å². The van der Waals surface area contributed by atoms with Crippen molar-refractivity contribution >= 4 is 17.8 Å². The summed E-state index contributed by atoms with van der Waals surface area (Å²) in [6.07, 6.45) is 5.02. The summed E-state index contributed by atoms with van der Waals surface area (Å²) in [5, 5.41) is 5.79. The lowest BCUT2D eigenvalue weighted by atomic mass is 9.86. The van der Waals surface area contributed by atoms with E-state index in [2.05, 4.69) is 17.6 Å². The number of hydrogen-bond donors (Lipinski definition) is 2. The zero-order valence-electron chi connectivity index (χ0n) is 16.6. The van der Waals surface area contributed by atoms with Gasteiger partial charge in [-0.15, -0.1) is 0 Å². The minimum atomic E-state index is -0.661. The highest BCUT2D eigenvalue weighted by molar-refractivity contribution is 6.04. The second-order valence-corrected chi connectivity index (χ2v) is 8.09. The van der Waals surface area contributed by atoms with E-state index in [9.17, 15) is 14.4 Å². The Kier molecular flexibility index (Phi) is 5.60. The number of nitrogens with one attached hydrogen (secondary N) is 2. The van der Waals surface area contributed by atoms with Crippen molar-refractivity contribution in [2.75, 3.05) is 6.79 Å². The van der Waals surface area contributed by atoms with E-state index >= 15 is 0 Å². The van der Waals surface area contributed by atoms with Crippen molar-refractivity contribution < 1.29 is 23.9 Å². The molecule has 0 radical (unpaired) electrons. The number of amides is 4. The average molecular weight is 401 g/mol. The van der Waals surface area contributed by atoms with Gasteiger partial charge in [-0.2, -0.15) is 0 Å². The molecule has 2 fully saturated rings. The molecule has 0 spiro atoms. The molecule has 156 valence electrons. The largest absolute Gasteiger partial charge is 0.454 e. The molecule has 2 N–H and O–H groups in total. The zero-order chi connectivity index (χ0) is 20.4. The first-order valence-electron chi connectivity index (χ1n) is 10.3. The van der Waals surface area contributed by atoms with Gasteiger partial charge in [-0.05, 0) is 42.9 Å². The molecule has 2 aliphatic heterocycles. The molecule has 3 atom stereocenters. The highest BCUT2D eigenvalue weighted by Crippen LogP contribution is 2.33. The van der Waals surface area contributed by atoms with Crippen LogP contribution < -0.4 is 20.1 Å². The number of carbonyl (C=O) groups is 3. The zero-order valence-corrected chi connectivity index (χ0v) is 16.6. The molecule has 8 heteroatoms. The van der Waals surface area contributed by atoms with Crippen molar-refractivity contribution in [1.29, 1.82) is 0 Å². The number of carbonyl (C=O) groups excluding carboxylic acids is 3. The van der Waals surface area contributed by atoms with Gasteiger partial charge in [0, 0.05) is 12.5 Å². The number of nitrogens with zero attached hydrogens (tertiary/aromatic N) is 1. The van der Waals surface area contributed by atoms with Crippen LogP contribution in [0.4, 0.5) is 4.79 Å². The second kappa shape index (κ2) is 8.31. The van der Waals surface area contributed by atoms with Crippen molar-refractivity contribution in [3.8, 4) is 11.5 Å². The fourth-order valence-electron chi connectivity index (χ4n) is 4.23. The quantitative estimate of drug-likeness (QED) is 0.713. The summed E-state index contributed by atoms with van der Waals surface area (Å²) in [7, 11) is 0. The molecular formula is C21H27N3O5. The third-order valence-corrected chi connectivity index (χ3v) is 6.00. The van der Waals surface area contributed by atoms with E-state index in [4.69, 9.17) is 9.47 Å². The SMILES string of the molecule is C[C@@H]1CCCC[C@H]1NC(=O)CC[C@H]1NC(=O)N(Cc2ccc3c(c2)OCO3)C1=O. The summed E-state index contributed by atoms with van der Waals surface area (Å²) in [6, 6.07) is 4.47. The van der Waals surface area contributed by atoms with E-state index in [1.165, 1.54) is 11.3 Å². The smallest absolute Gasteiger partial charge is 0.325 e. The third kappa shape index (κ3) is 4.31. The van der Waals surface area contributed by atoms with Gasteiger partial charge in [-0.1, -0.05) is 25.8 Å². The van der Waals surface area contributed by atoms with Gasteiger partial charge in [0.2, 0.25) is 12.7 Å². The van der Waals surface area contributed by atoms with Crippen molar-refractivity contribution in [3.05, 3.63) is 23.8 Å². The highest BCUT2D eigenvalue weighted by atomic mass is 16.7. The van der Waals surface area contributed by atoms with Crippen LogP contribution in [-0.2, 0) is 16.1 Å². The normalized spacial score (nSPS) is 25.8. The van der Waals surface area contributed by atoms with E-state index in [1.54, 1.807) is 18.2 Å². The molecule has 8 nitrogen and oxygen atoms in total. The summed E-state index contributed by atoms with van der Waals surface area (Å²) in [5.41, 5.74) is 0.780. The first kappa shape index (κ1) is 19.5. The topological polar surface area (TPSA) is 97.0 Å². The molecule has 1 aromatic carbocycles. The van der Waals surface area contributed by atoms with Gasteiger partial charge in [0.1, 0.15) is 6.04 Å². The lowest BCUT2D eigenvalue weighted by molar-refractivity contribution is -0.128. The molecule has 0 unspecified atom stereocenters. The Hall–Kier alpha value is -2.77. The summed E-state index contributed by atoms with van der Waals surface area (Å²) >= 11 is 0. The molecule has 1 saturated carbocycles. The van der Waals surface area contributed by atoms with Gasteiger partial charge in [0.05, 0.1) is 6.54 Å². The predicted octanol–water partition coefficient (Wildman–Crippen LogP) is 2.31. The number of benzene rings is 1. The molecule has 4 rings (SSSR count). The van der Waals surface area contributed by atoms with Crippen LogP contribution >= 0.6 is 0 Å². The lowest BCUT2D eigenvalue weighted by Gasteiger charge is -2.29. The molecule has 1 aromatic rings. The summed E-state index contributed by atoms with van der Waals surface area (Å²) < 4.78 is 10.6. The standard InChI is InChI=1S/C21H27N3O5/c1-13-4-2-3-5-15(13)22-19(25)9-7-16-20(26)24(21(27)23-16)11-14-6-8-17-18(10-14)29-12-28-17/h6,8,10,13,15-16H,2-5,7,9,11-12H2,1H3,(H,22,25)(H,23,27)/t13-,15-,16-/m1/s1. The van der Waals surface area contributed by atoms with Gasteiger partial charge in [0.25, 0.3) is 5.91 Å². The number of urea groups is 1. The van der Waals surface area contributed by atoms with E-state index in [0.717, 1.165) is 24.8 Å². The van der Waals surface area contributed by atoms with Crippen molar-refractivity contribution in [1.82, 2.24) is 15.5 Å². The molecule has 2 heterocycles. The van der Waals surface area contributed by atoms with Crippen molar-refractivity contribution in [2.45, 2.75) is 64.1 Å². The molecule has 29 heavy (non-hydrogen) atoms. The van der Waals surface area contributed by atoms with Crippen LogP contribution in [0, 0.1) is 5.92 Å². The van der Waals surface area contributed by atoms with Gasteiger partial charge < -0.3 is 20.1 Å². The molecule has 4 amide bonds. The summed E-state index contributed by atoms with van der Waals surface area (Å²) in [5.74, 6) is 1.39. The highest BCUT2D eigenvalue weighted by Gasteiger charge is 2.38.